The van der Waals surface area contributed by atoms with Crippen LogP contribution < -0.4 is 0 Å². The summed E-state index contributed by atoms with van der Waals surface area (Å²) in [6.45, 7) is 6.36. The minimum atomic E-state index is -0.114. The first-order chi connectivity index (χ1) is 8.54. The van der Waals surface area contributed by atoms with Gasteiger partial charge in [0.1, 0.15) is 0 Å². The average Bonchev–Trinajstić information content (AvgIpc) is 2.94. The van der Waals surface area contributed by atoms with Gasteiger partial charge in [-0.3, -0.25) is 4.79 Å². The molecule has 0 saturated heterocycles. The molecule has 0 N–H and O–H groups in total. The van der Waals surface area contributed by atoms with Gasteiger partial charge in [-0.2, -0.15) is 0 Å². The Morgan fingerprint density at radius 3 is 2.39 bits per heavy atom. The van der Waals surface area contributed by atoms with Gasteiger partial charge in [-0.15, -0.1) is 0 Å². The van der Waals surface area contributed by atoms with Crippen molar-refractivity contribution in [3.05, 3.63) is 41.5 Å². The number of methoxy groups -OCH3 is 1. The van der Waals surface area contributed by atoms with Gasteiger partial charge in [0, 0.05) is 5.41 Å². The van der Waals surface area contributed by atoms with Gasteiger partial charge in [0.2, 0.25) is 0 Å². The minimum Gasteiger partial charge on any atom is -0.469 e. The molecule has 0 heterocycles. The predicted octanol–water partition coefficient (Wildman–Crippen LogP) is 3.68. The van der Waals surface area contributed by atoms with Gasteiger partial charge in [0.15, 0.2) is 0 Å². The number of rotatable bonds is 3. The fourth-order valence-electron chi connectivity index (χ4n) is 2.83. The van der Waals surface area contributed by atoms with Crippen LogP contribution in [0.1, 0.15) is 32.8 Å². The Hall–Kier alpha value is -1.57. The summed E-state index contributed by atoms with van der Waals surface area (Å²) in [6.07, 6.45) is 0.941. The summed E-state index contributed by atoms with van der Waals surface area (Å²) >= 11 is 0. The van der Waals surface area contributed by atoms with Crippen LogP contribution in [0.5, 0.6) is 0 Å². The summed E-state index contributed by atoms with van der Waals surface area (Å²) in [5.41, 5.74) is 3.68. The Bertz CT molecular complexity index is 483. The lowest BCUT2D eigenvalue weighted by atomic mass is 10.00. The number of hydrogen-bond donors (Lipinski definition) is 0. The van der Waals surface area contributed by atoms with Crippen molar-refractivity contribution in [1.82, 2.24) is 0 Å². The third-order valence-electron chi connectivity index (χ3n) is 3.86. The van der Waals surface area contributed by atoms with Crippen LogP contribution in [0.25, 0.3) is 5.57 Å². The third-order valence-corrected chi connectivity index (χ3v) is 3.86. The summed E-state index contributed by atoms with van der Waals surface area (Å²) in [7, 11) is 1.46. The topological polar surface area (TPSA) is 26.3 Å². The second kappa shape index (κ2) is 4.60. The third kappa shape index (κ3) is 1.96. The maximum atomic E-state index is 11.8. The second-order valence-electron chi connectivity index (χ2n) is 5.29. The van der Waals surface area contributed by atoms with Crippen LogP contribution in [0.3, 0.4) is 0 Å². The fourth-order valence-corrected chi connectivity index (χ4v) is 2.83. The molecule has 1 atom stereocenters. The molecule has 2 nitrogen and oxygen atoms in total. The molecular formula is C16H20O2. The molecule has 18 heavy (non-hydrogen) atoms. The molecule has 2 heteroatoms. The van der Waals surface area contributed by atoms with Gasteiger partial charge >= 0.3 is 5.97 Å². The zero-order valence-electron chi connectivity index (χ0n) is 11.5. The summed E-state index contributed by atoms with van der Waals surface area (Å²) in [5, 5.41) is 0. The molecule has 1 unspecified atom stereocenters. The first-order valence-electron chi connectivity index (χ1n) is 6.40. The molecule has 0 radical (unpaired) electrons. The van der Waals surface area contributed by atoms with E-state index in [2.05, 4.69) is 32.9 Å². The summed E-state index contributed by atoms with van der Waals surface area (Å²) in [5.74, 6) is -0.186. The molecule has 2 rings (SSSR count). The molecule has 0 spiro atoms. The van der Waals surface area contributed by atoms with Crippen LogP contribution in [0.4, 0.5) is 0 Å². The standard InChI is InChI=1S/C16H20O2/c1-5-12(11-9-7-6-8-10-11)13-14(15(17)18-4)16(13,2)3/h6-10,14H,5H2,1-4H3/b13-12-. The fraction of sp³-hybridized carbons (Fsp3) is 0.438. The molecule has 1 aliphatic rings. The Morgan fingerprint density at radius 1 is 1.28 bits per heavy atom. The molecule has 1 aromatic carbocycles. The van der Waals surface area contributed by atoms with Gasteiger partial charge in [0.25, 0.3) is 0 Å². The summed E-state index contributed by atoms with van der Waals surface area (Å²) in [4.78, 5) is 11.8. The van der Waals surface area contributed by atoms with E-state index in [4.69, 9.17) is 4.74 Å². The smallest absolute Gasteiger partial charge is 0.313 e. The molecule has 1 aliphatic carbocycles. The Kier molecular flexibility index (Phi) is 3.29. The Balaban J connectivity index is 2.44. The van der Waals surface area contributed by atoms with Crippen molar-refractivity contribution in [1.29, 1.82) is 0 Å². The van der Waals surface area contributed by atoms with Crippen LogP contribution in [0, 0.1) is 11.3 Å². The Morgan fingerprint density at radius 2 is 1.89 bits per heavy atom. The number of carbonyl (C=O) groups is 1. The molecule has 1 saturated carbocycles. The molecule has 0 bridgehead atoms. The lowest BCUT2D eigenvalue weighted by molar-refractivity contribution is -0.142. The monoisotopic (exact) mass is 244 g/mol. The van der Waals surface area contributed by atoms with E-state index in [1.54, 1.807) is 0 Å². The highest BCUT2D eigenvalue weighted by molar-refractivity contribution is 5.90. The van der Waals surface area contributed by atoms with E-state index in [9.17, 15) is 4.79 Å². The lowest BCUT2D eigenvalue weighted by Crippen LogP contribution is -2.07. The second-order valence-corrected chi connectivity index (χ2v) is 5.29. The molecule has 0 aromatic heterocycles. The van der Waals surface area contributed by atoms with Crippen LogP contribution in [0.15, 0.2) is 35.9 Å². The largest absolute Gasteiger partial charge is 0.469 e. The van der Waals surface area contributed by atoms with Gasteiger partial charge in [0.05, 0.1) is 13.0 Å². The molecule has 1 fully saturated rings. The zero-order valence-corrected chi connectivity index (χ0v) is 11.5. The van der Waals surface area contributed by atoms with E-state index < -0.39 is 0 Å². The highest BCUT2D eigenvalue weighted by atomic mass is 16.5. The van der Waals surface area contributed by atoms with Crippen molar-refractivity contribution in [2.75, 3.05) is 7.11 Å². The minimum absolute atomic E-state index is 0.0612. The number of esters is 1. The predicted molar refractivity (Wildman–Crippen MR) is 72.9 cm³/mol. The number of hydrogen-bond acceptors (Lipinski definition) is 2. The maximum Gasteiger partial charge on any atom is 0.313 e. The van der Waals surface area contributed by atoms with E-state index in [1.807, 2.05) is 18.2 Å². The van der Waals surface area contributed by atoms with Crippen molar-refractivity contribution in [3.63, 3.8) is 0 Å². The van der Waals surface area contributed by atoms with Crippen LogP contribution in [-0.2, 0) is 9.53 Å². The quantitative estimate of drug-likeness (QED) is 0.758. The van der Waals surface area contributed by atoms with E-state index in [0.717, 1.165) is 6.42 Å². The molecule has 0 amide bonds. The molecule has 96 valence electrons. The van der Waals surface area contributed by atoms with Gasteiger partial charge < -0.3 is 4.74 Å². The van der Waals surface area contributed by atoms with Crippen molar-refractivity contribution in [2.45, 2.75) is 27.2 Å². The zero-order chi connectivity index (χ0) is 13.3. The number of benzene rings is 1. The van der Waals surface area contributed by atoms with Crippen molar-refractivity contribution in [3.8, 4) is 0 Å². The van der Waals surface area contributed by atoms with Crippen molar-refractivity contribution >= 4 is 11.5 Å². The van der Waals surface area contributed by atoms with Gasteiger partial charge in [-0.1, -0.05) is 51.1 Å². The first kappa shape index (κ1) is 12.9. The molecule has 1 aromatic rings. The van der Waals surface area contributed by atoms with Crippen LogP contribution >= 0.6 is 0 Å². The van der Waals surface area contributed by atoms with E-state index in [1.165, 1.54) is 23.8 Å². The summed E-state index contributed by atoms with van der Waals surface area (Å²) < 4.78 is 4.90. The number of allylic oxidation sites excluding steroid dienone is 1. The number of ether oxygens (including phenoxy) is 1. The van der Waals surface area contributed by atoms with Gasteiger partial charge in [-0.05, 0) is 23.1 Å². The SMILES string of the molecule is CC/C(=C1\C(C(=O)OC)C1(C)C)c1ccccc1. The highest BCUT2D eigenvalue weighted by Gasteiger charge is 2.58. The van der Waals surface area contributed by atoms with Crippen molar-refractivity contribution in [2.24, 2.45) is 11.3 Å². The number of carbonyl (C=O) groups excluding carboxylic acids is 1. The van der Waals surface area contributed by atoms with E-state index in [-0.39, 0.29) is 17.3 Å². The van der Waals surface area contributed by atoms with E-state index in [0.29, 0.717) is 0 Å². The molecule has 0 aliphatic heterocycles. The first-order valence-corrected chi connectivity index (χ1v) is 6.40. The lowest BCUT2D eigenvalue weighted by Gasteiger charge is -2.05. The van der Waals surface area contributed by atoms with Crippen LogP contribution in [0.2, 0.25) is 0 Å². The summed E-state index contributed by atoms with van der Waals surface area (Å²) in [6, 6.07) is 10.3. The Labute approximate surface area is 109 Å². The maximum absolute atomic E-state index is 11.8. The molecular weight excluding hydrogens is 224 g/mol. The van der Waals surface area contributed by atoms with Crippen molar-refractivity contribution < 1.29 is 9.53 Å². The highest BCUT2D eigenvalue weighted by Crippen LogP contribution is 2.61. The van der Waals surface area contributed by atoms with Gasteiger partial charge in [-0.25, -0.2) is 0 Å². The van der Waals surface area contributed by atoms with Crippen LogP contribution in [-0.4, -0.2) is 13.1 Å². The van der Waals surface area contributed by atoms with E-state index >= 15 is 0 Å². The normalized spacial score (nSPS) is 23.4. The average molecular weight is 244 g/mol.